The van der Waals surface area contributed by atoms with Crippen molar-refractivity contribution in [3.8, 4) is 0 Å². The average Bonchev–Trinajstić information content (AvgIpc) is 2.57. The van der Waals surface area contributed by atoms with E-state index < -0.39 is 0 Å². The quantitative estimate of drug-likeness (QED) is 0.248. The third-order valence-electron chi connectivity index (χ3n) is 2.23. The van der Waals surface area contributed by atoms with Crippen molar-refractivity contribution in [3.63, 3.8) is 0 Å². The van der Waals surface area contributed by atoms with Crippen LogP contribution in [0.4, 0.5) is 0 Å². The topological polar surface area (TPSA) is 58.0 Å². The Morgan fingerprint density at radius 1 is 1.44 bits per heavy atom. The Balaban J connectivity index is 0.00000128. The zero-order valence-electron chi connectivity index (χ0n) is 9.18. The molecule has 0 N–H and O–H groups in total. The van der Waals surface area contributed by atoms with Crippen LogP contribution in [0.5, 0.6) is 0 Å². The van der Waals surface area contributed by atoms with Crippen molar-refractivity contribution < 1.29 is 39.5 Å². The number of rotatable bonds is 2. The molecule has 0 bridgehead atoms. The zero-order valence-corrected chi connectivity index (χ0v) is 11.2. The van der Waals surface area contributed by atoms with Gasteiger partial charge in [-0.2, -0.15) is 0 Å². The summed E-state index contributed by atoms with van der Waals surface area (Å²) in [5, 5.41) is 10.2. The molecule has 1 aromatic carbocycles. The molecule has 5 heteroatoms. The molecule has 0 fully saturated rings. The molecule has 16 heavy (non-hydrogen) atoms. The van der Waals surface area contributed by atoms with Crippen LogP contribution in [0.15, 0.2) is 36.6 Å². The number of ketones is 1. The summed E-state index contributed by atoms with van der Waals surface area (Å²) in [5.41, 5.74) is 1.63. The fourth-order valence-corrected chi connectivity index (χ4v) is 1.50. The molecular weight excluding hydrogens is 215 g/mol. The Labute approximate surface area is 115 Å². The van der Waals surface area contributed by atoms with E-state index in [9.17, 15) is 9.90 Å². The number of para-hydroxylation sites is 2. The van der Waals surface area contributed by atoms with Gasteiger partial charge in [-0.15, -0.1) is 6.26 Å². The predicted molar refractivity (Wildman–Crippen MR) is 54.2 cm³/mol. The zero-order chi connectivity index (χ0) is 10.8. The molecule has 0 radical (unpaired) electrons. The van der Waals surface area contributed by atoms with E-state index in [-0.39, 0.29) is 41.2 Å². The third kappa shape index (κ3) is 2.19. The maximum absolute atomic E-state index is 11.5. The minimum absolute atomic E-state index is 0. The first-order chi connectivity index (χ1) is 7.24. The third-order valence-corrected chi connectivity index (χ3v) is 2.23. The first-order valence-corrected chi connectivity index (χ1v) is 4.48. The van der Waals surface area contributed by atoms with Crippen LogP contribution in [0.1, 0.15) is 10.6 Å². The number of nitrogens with zero attached hydrogens (tertiary/aromatic N) is 2. The molecule has 4 nitrogen and oxygen atoms in total. The van der Waals surface area contributed by atoms with Crippen molar-refractivity contribution in [2.75, 3.05) is 0 Å². The molecule has 2 rings (SSSR count). The van der Waals surface area contributed by atoms with E-state index in [0.29, 0.717) is 6.26 Å². The summed E-state index contributed by atoms with van der Waals surface area (Å²) >= 11 is 0. The van der Waals surface area contributed by atoms with E-state index in [2.05, 4.69) is 4.98 Å². The molecule has 0 unspecified atom stereocenters. The van der Waals surface area contributed by atoms with Crippen LogP contribution in [-0.2, 0) is 7.05 Å². The Bertz CT molecular complexity index is 546. The molecule has 0 atom stereocenters. The number of allylic oxidation sites excluding steroid dienone is 1. The van der Waals surface area contributed by atoms with Gasteiger partial charge in [0.25, 0.3) is 0 Å². The van der Waals surface area contributed by atoms with Gasteiger partial charge in [0.1, 0.15) is 0 Å². The van der Waals surface area contributed by atoms with Crippen LogP contribution in [0.3, 0.4) is 0 Å². The van der Waals surface area contributed by atoms with Crippen molar-refractivity contribution >= 4 is 16.8 Å². The summed E-state index contributed by atoms with van der Waals surface area (Å²) in [7, 11) is 1.75. The molecule has 0 aliphatic carbocycles. The molecule has 1 aromatic heterocycles. The fraction of sp³-hybridized carbons (Fsp3) is 0.0909. The second-order valence-corrected chi connectivity index (χ2v) is 3.15. The maximum Gasteiger partial charge on any atom is 1.00 e. The monoisotopic (exact) mass is 224 g/mol. The molecule has 2 aromatic rings. The van der Waals surface area contributed by atoms with Crippen LogP contribution in [0, 0.1) is 0 Å². The van der Waals surface area contributed by atoms with Gasteiger partial charge in [-0.05, 0) is 18.2 Å². The van der Waals surface area contributed by atoms with Crippen molar-refractivity contribution in [3.05, 3.63) is 42.4 Å². The molecule has 0 aliphatic heterocycles. The molecule has 0 aliphatic rings. The Morgan fingerprint density at radius 2 is 2.12 bits per heavy atom. The molecule has 1 heterocycles. The molecule has 76 valence electrons. The standard InChI is InChI=1S/C11H10N2O2.Na/c1-13-9-5-3-2-4-8(9)12-11(13)10(15)6-7-14;/h2-7,14H,1H3;/q;+1/p-1. The Hall–Kier alpha value is -1.10. The first-order valence-electron chi connectivity index (χ1n) is 4.48. The van der Waals surface area contributed by atoms with Crippen molar-refractivity contribution in [2.45, 2.75) is 0 Å². The van der Waals surface area contributed by atoms with Crippen molar-refractivity contribution in [1.82, 2.24) is 9.55 Å². The van der Waals surface area contributed by atoms with Crippen LogP contribution in [-0.4, -0.2) is 15.3 Å². The Kier molecular flexibility index (Phi) is 4.29. The van der Waals surface area contributed by atoms with Crippen LogP contribution in [0.2, 0.25) is 0 Å². The van der Waals surface area contributed by atoms with Crippen LogP contribution < -0.4 is 34.7 Å². The number of benzene rings is 1. The smallest absolute Gasteiger partial charge is 0.878 e. The van der Waals surface area contributed by atoms with E-state index in [4.69, 9.17) is 0 Å². The average molecular weight is 224 g/mol. The van der Waals surface area contributed by atoms with Gasteiger partial charge >= 0.3 is 29.6 Å². The molecular formula is C11H9N2NaO2. The van der Waals surface area contributed by atoms with E-state index in [1.165, 1.54) is 0 Å². The van der Waals surface area contributed by atoms with Gasteiger partial charge < -0.3 is 9.67 Å². The maximum atomic E-state index is 11.5. The van der Waals surface area contributed by atoms with Crippen LogP contribution >= 0.6 is 0 Å². The van der Waals surface area contributed by atoms with E-state index >= 15 is 0 Å². The Morgan fingerprint density at radius 3 is 2.75 bits per heavy atom. The number of fused-ring (bicyclic) bond motifs is 1. The number of hydrogen-bond donors (Lipinski definition) is 0. The predicted octanol–water partition coefficient (Wildman–Crippen LogP) is -2.37. The minimum Gasteiger partial charge on any atom is -0.878 e. The minimum atomic E-state index is -0.372. The van der Waals surface area contributed by atoms with Gasteiger partial charge in [-0.25, -0.2) is 4.98 Å². The number of imidazole rings is 1. The van der Waals surface area contributed by atoms with E-state index in [0.717, 1.165) is 17.1 Å². The van der Waals surface area contributed by atoms with Gasteiger partial charge in [-0.1, -0.05) is 12.1 Å². The largest absolute Gasteiger partial charge is 1.00 e. The fourth-order valence-electron chi connectivity index (χ4n) is 1.50. The second kappa shape index (κ2) is 5.30. The number of aromatic nitrogens is 2. The van der Waals surface area contributed by atoms with Crippen molar-refractivity contribution in [1.29, 1.82) is 0 Å². The van der Waals surface area contributed by atoms with Gasteiger partial charge in [0.15, 0.2) is 5.82 Å². The van der Waals surface area contributed by atoms with E-state index in [1.807, 2.05) is 24.3 Å². The summed E-state index contributed by atoms with van der Waals surface area (Å²) < 4.78 is 1.68. The second-order valence-electron chi connectivity index (χ2n) is 3.15. The van der Waals surface area contributed by atoms with Gasteiger partial charge in [0, 0.05) is 7.05 Å². The van der Waals surface area contributed by atoms with Gasteiger partial charge in [0.2, 0.25) is 5.78 Å². The number of aryl methyl sites for hydroxylation is 1. The summed E-state index contributed by atoms with van der Waals surface area (Å²) in [6.45, 7) is 0. The summed E-state index contributed by atoms with van der Waals surface area (Å²) in [5.74, 6) is -0.0907. The summed E-state index contributed by atoms with van der Waals surface area (Å²) in [6.07, 6.45) is 1.45. The molecule has 0 saturated carbocycles. The van der Waals surface area contributed by atoms with Gasteiger partial charge in [0.05, 0.1) is 11.0 Å². The normalized spacial score (nSPS) is 10.6. The number of carbonyl (C=O) groups is 1. The first kappa shape index (κ1) is 13.0. The SMILES string of the molecule is Cn1c(C(=O)C=C[O-])nc2ccccc21.[Na+]. The molecule has 0 amide bonds. The molecule has 0 saturated heterocycles. The van der Waals surface area contributed by atoms with Gasteiger partial charge in [-0.3, -0.25) is 4.79 Å². The summed E-state index contributed by atoms with van der Waals surface area (Å²) in [6, 6.07) is 7.43. The summed E-state index contributed by atoms with van der Waals surface area (Å²) in [4.78, 5) is 15.6. The number of hydrogen-bond acceptors (Lipinski definition) is 3. The van der Waals surface area contributed by atoms with Crippen molar-refractivity contribution in [2.24, 2.45) is 7.05 Å². The number of carbonyl (C=O) groups excluding carboxylic acids is 1. The van der Waals surface area contributed by atoms with Crippen LogP contribution in [0.25, 0.3) is 11.0 Å². The van der Waals surface area contributed by atoms with E-state index in [1.54, 1.807) is 11.6 Å². The molecule has 0 spiro atoms.